The second-order valence-electron chi connectivity index (χ2n) is 6.34. The van der Waals surface area contributed by atoms with Crippen LogP contribution in [0.2, 0.25) is 0 Å². The minimum Gasteiger partial charge on any atom is -0.451 e. The number of piperidine rings is 1. The molecule has 0 saturated carbocycles. The second-order valence-corrected chi connectivity index (χ2v) is 6.34. The number of nitrogens with one attached hydrogen (secondary N) is 2. The lowest BCUT2D eigenvalue weighted by Gasteiger charge is -2.22. The smallest absolute Gasteiger partial charge is 0.287 e. The van der Waals surface area contributed by atoms with Crippen LogP contribution in [-0.2, 0) is 0 Å². The van der Waals surface area contributed by atoms with Crippen molar-refractivity contribution in [2.45, 2.75) is 33.1 Å². The van der Waals surface area contributed by atoms with Crippen LogP contribution in [0.1, 0.15) is 40.9 Å². The summed E-state index contributed by atoms with van der Waals surface area (Å²) < 4.78 is 5.68. The van der Waals surface area contributed by atoms with Crippen molar-refractivity contribution in [2.75, 3.05) is 19.6 Å². The van der Waals surface area contributed by atoms with E-state index < -0.39 is 0 Å². The van der Waals surface area contributed by atoms with Gasteiger partial charge >= 0.3 is 0 Å². The summed E-state index contributed by atoms with van der Waals surface area (Å²) in [4.78, 5) is 12.2. The van der Waals surface area contributed by atoms with Crippen molar-refractivity contribution in [3.05, 3.63) is 35.1 Å². The zero-order valence-electron chi connectivity index (χ0n) is 13.4. The Kier molecular flexibility index (Phi) is 4.48. The second kappa shape index (κ2) is 6.53. The molecule has 4 nitrogen and oxygen atoms in total. The summed E-state index contributed by atoms with van der Waals surface area (Å²) in [6, 6.07) is 5.90. The van der Waals surface area contributed by atoms with Gasteiger partial charge in [-0.05, 0) is 81.4 Å². The number of fused-ring (bicyclic) bond motifs is 1. The molecule has 118 valence electrons. The SMILES string of the molecule is Cc1cc2cc(C(=O)NCCC3CCCNC3)oc2cc1C. The summed E-state index contributed by atoms with van der Waals surface area (Å²) in [5, 5.41) is 7.37. The van der Waals surface area contributed by atoms with E-state index in [2.05, 4.69) is 30.5 Å². The summed E-state index contributed by atoms with van der Waals surface area (Å²) in [5.74, 6) is 0.965. The zero-order valence-corrected chi connectivity index (χ0v) is 13.4. The van der Waals surface area contributed by atoms with E-state index >= 15 is 0 Å². The lowest BCUT2D eigenvalue weighted by Crippen LogP contribution is -2.33. The maximum absolute atomic E-state index is 12.2. The molecule has 22 heavy (non-hydrogen) atoms. The Morgan fingerprint density at radius 1 is 1.32 bits per heavy atom. The number of carbonyl (C=O) groups excluding carboxylic acids is 1. The molecule has 0 bridgehead atoms. The number of hydrogen-bond acceptors (Lipinski definition) is 3. The Labute approximate surface area is 131 Å². The lowest BCUT2D eigenvalue weighted by molar-refractivity contribution is 0.0925. The molecule has 1 aliphatic heterocycles. The average molecular weight is 300 g/mol. The van der Waals surface area contributed by atoms with Crippen molar-refractivity contribution in [1.29, 1.82) is 0 Å². The van der Waals surface area contributed by atoms with Gasteiger partial charge in [0.1, 0.15) is 5.58 Å². The van der Waals surface area contributed by atoms with Crippen molar-refractivity contribution < 1.29 is 9.21 Å². The van der Waals surface area contributed by atoms with Gasteiger partial charge in [0, 0.05) is 11.9 Å². The van der Waals surface area contributed by atoms with Crippen LogP contribution >= 0.6 is 0 Å². The number of benzene rings is 1. The Morgan fingerprint density at radius 3 is 2.91 bits per heavy atom. The summed E-state index contributed by atoms with van der Waals surface area (Å²) >= 11 is 0. The summed E-state index contributed by atoms with van der Waals surface area (Å²) in [6.45, 7) is 7.02. The first-order valence-corrected chi connectivity index (χ1v) is 8.13. The highest BCUT2D eigenvalue weighted by molar-refractivity contribution is 5.96. The standard InChI is InChI=1S/C18H24N2O2/c1-12-8-15-10-17(22-16(15)9-13(12)2)18(21)20-7-5-14-4-3-6-19-11-14/h8-10,14,19H,3-7,11H2,1-2H3,(H,20,21). The highest BCUT2D eigenvalue weighted by atomic mass is 16.3. The van der Waals surface area contributed by atoms with Crippen LogP contribution in [0.4, 0.5) is 0 Å². The molecule has 3 rings (SSSR count). The first-order chi connectivity index (χ1) is 10.6. The van der Waals surface area contributed by atoms with E-state index in [1.165, 1.54) is 24.0 Å². The number of hydrogen-bond donors (Lipinski definition) is 2. The molecular weight excluding hydrogens is 276 g/mol. The minimum absolute atomic E-state index is 0.115. The van der Waals surface area contributed by atoms with E-state index in [9.17, 15) is 4.79 Å². The zero-order chi connectivity index (χ0) is 15.5. The molecule has 1 aromatic carbocycles. The van der Waals surface area contributed by atoms with Crippen molar-refractivity contribution in [3.8, 4) is 0 Å². The van der Waals surface area contributed by atoms with Crippen LogP contribution < -0.4 is 10.6 Å². The van der Waals surface area contributed by atoms with E-state index in [1.807, 2.05) is 12.1 Å². The van der Waals surface area contributed by atoms with Gasteiger partial charge in [-0.3, -0.25) is 4.79 Å². The predicted molar refractivity (Wildman–Crippen MR) is 88.2 cm³/mol. The van der Waals surface area contributed by atoms with Gasteiger partial charge in [-0.15, -0.1) is 0 Å². The predicted octanol–water partition coefficient (Wildman–Crippen LogP) is 3.17. The quantitative estimate of drug-likeness (QED) is 0.912. The summed E-state index contributed by atoms with van der Waals surface area (Å²) in [7, 11) is 0. The van der Waals surface area contributed by atoms with Crippen LogP contribution in [0, 0.1) is 19.8 Å². The van der Waals surface area contributed by atoms with Crippen molar-refractivity contribution >= 4 is 16.9 Å². The molecule has 1 aliphatic rings. The van der Waals surface area contributed by atoms with Crippen LogP contribution in [0.5, 0.6) is 0 Å². The van der Waals surface area contributed by atoms with Crippen LogP contribution in [0.15, 0.2) is 22.6 Å². The van der Waals surface area contributed by atoms with Gasteiger partial charge in [0.15, 0.2) is 5.76 Å². The molecule has 0 spiro atoms. The highest BCUT2D eigenvalue weighted by Crippen LogP contribution is 2.23. The third-order valence-electron chi connectivity index (χ3n) is 4.59. The largest absolute Gasteiger partial charge is 0.451 e. The topological polar surface area (TPSA) is 54.3 Å². The van der Waals surface area contributed by atoms with Gasteiger partial charge in [0.2, 0.25) is 0 Å². The molecule has 1 atom stereocenters. The molecule has 1 saturated heterocycles. The minimum atomic E-state index is -0.115. The average Bonchev–Trinajstić information content (AvgIpc) is 2.91. The first-order valence-electron chi connectivity index (χ1n) is 8.13. The molecule has 1 fully saturated rings. The van der Waals surface area contributed by atoms with Gasteiger partial charge < -0.3 is 15.1 Å². The van der Waals surface area contributed by atoms with Crippen molar-refractivity contribution in [1.82, 2.24) is 10.6 Å². The molecule has 4 heteroatoms. The molecule has 2 aromatic rings. The molecule has 2 heterocycles. The van der Waals surface area contributed by atoms with Crippen molar-refractivity contribution in [2.24, 2.45) is 5.92 Å². The van der Waals surface area contributed by atoms with E-state index in [1.54, 1.807) is 0 Å². The van der Waals surface area contributed by atoms with E-state index in [0.717, 1.165) is 30.5 Å². The van der Waals surface area contributed by atoms with Crippen molar-refractivity contribution in [3.63, 3.8) is 0 Å². The Balaban J connectivity index is 1.59. The number of aryl methyl sites for hydroxylation is 2. The number of rotatable bonds is 4. The molecule has 1 unspecified atom stereocenters. The normalized spacial score (nSPS) is 18.5. The maximum Gasteiger partial charge on any atom is 0.287 e. The molecular formula is C18H24N2O2. The van der Waals surface area contributed by atoms with Gasteiger partial charge in [-0.25, -0.2) is 0 Å². The number of amides is 1. The van der Waals surface area contributed by atoms with E-state index in [-0.39, 0.29) is 5.91 Å². The van der Waals surface area contributed by atoms with Crippen LogP contribution in [0.3, 0.4) is 0 Å². The van der Waals surface area contributed by atoms with Gasteiger partial charge in [-0.2, -0.15) is 0 Å². The van der Waals surface area contributed by atoms with Crippen LogP contribution in [-0.4, -0.2) is 25.5 Å². The Bertz CT molecular complexity index is 630. The highest BCUT2D eigenvalue weighted by Gasteiger charge is 2.15. The molecule has 0 radical (unpaired) electrons. The molecule has 1 amide bonds. The van der Waals surface area contributed by atoms with Gasteiger partial charge in [0.25, 0.3) is 5.91 Å². The summed E-state index contributed by atoms with van der Waals surface area (Å²) in [6.07, 6.45) is 3.52. The van der Waals surface area contributed by atoms with Gasteiger partial charge in [-0.1, -0.05) is 0 Å². The molecule has 0 aliphatic carbocycles. The molecule has 1 aromatic heterocycles. The maximum atomic E-state index is 12.2. The number of furan rings is 1. The fourth-order valence-corrected chi connectivity index (χ4v) is 3.06. The third-order valence-corrected chi connectivity index (χ3v) is 4.59. The van der Waals surface area contributed by atoms with Gasteiger partial charge in [0.05, 0.1) is 0 Å². The lowest BCUT2D eigenvalue weighted by atomic mass is 9.96. The fraction of sp³-hybridized carbons (Fsp3) is 0.500. The fourth-order valence-electron chi connectivity index (χ4n) is 3.06. The molecule has 2 N–H and O–H groups in total. The Morgan fingerprint density at radius 2 is 2.14 bits per heavy atom. The third kappa shape index (κ3) is 3.33. The Hall–Kier alpha value is -1.81. The number of carbonyl (C=O) groups is 1. The van der Waals surface area contributed by atoms with E-state index in [0.29, 0.717) is 18.2 Å². The monoisotopic (exact) mass is 300 g/mol. The van der Waals surface area contributed by atoms with Crippen LogP contribution in [0.25, 0.3) is 11.0 Å². The summed E-state index contributed by atoms with van der Waals surface area (Å²) in [5.41, 5.74) is 3.17. The first kappa shape index (κ1) is 15.1. The van der Waals surface area contributed by atoms with E-state index in [4.69, 9.17) is 4.42 Å².